The van der Waals surface area contributed by atoms with Gasteiger partial charge in [-0.2, -0.15) is 0 Å². The van der Waals surface area contributed by atoms with Crippen molar-refractivity contribution in [3.63, 3.8) is 0 Å². The highest BCUT2D eigenvalue weighted by molar-refractivity contribution is 5.89. The second kappa shape index (κ2) is 5.25. The van der Waals surface area contributed by atoms with Gasteiger partial charge in [0.05, 0.1) is 0 Å². The number of halogens is 1. The van der Waals surface area contributed by atoms with Crippen LogP contribution in [0.15, 0.2) is 18.2 Å². The predicted octanol–water partition coefficient (Wildman–Crippen LogP) is 2.67. The van der Waals surface area contributed by atoms with E-state index < -0.39 is 5.82 Å². The molecule has 1 saturated heterocycles. The third-order valence-electron chi connectivity index (χ3n) is 3.24. The summed E-state index contributed by atoms with van der Waals surface area (Å²) in [5, 5.41) is 2.68. The first-order valence-corrected chi connectivity index (χ1v) is 6.16. The lowest BCUT2D eigenvalue weighted by Crippen LogP contribution is -2.40. The number of rotatable bonds is 1. The van der Waals surface area contributed by atoms with Gasteiger partial charge >= 0.3 is 6.03 Å². The Morgan fingerprint density at radius 1 is 1.39 bits per heavy atom. The van der Waals surface area contributed by atoms with Crippen LogP contribution in [-0.4, -0.2) is 24.0 Å². The van der Waals surface area contributed by atoms with E-state index in [0.29, 0.717) is 17.3 Å². The number of hydrogen-bond donors (Lipinski definition) is 2. The van der Waals surface area contributed by atoms with Crippen molar-refractivity contribution in [2.75, 3.05) is 24.1 Å². The molecular formula is C13H18FN3O. The smallest absolute Gasteiger partial charge is 0.321 e. The van der Waals surface area contributed by atoms with Gasteiger partial charge in [0.1, 0.15) is 5.82 Å². The Kier molecular flexibility index (Phi) is 3.69. The van der Waals surface area contributed by atoms with Gasteiger partial charge in [-0.1, -0.05) is 6.92 Å². The molecule has 1 aromatic carbocycles. The molecule has 0 saturated carbocycles. The van der Waals surface area contributed by atoms with Crippen molar-refractivity contribution in [2.24, 2.45) is 5.92 Å². The fourth-order valence-corrected chi connectivity index (χ4v) is 2.10. The molecule has 18 heavy (non-hydrogen) atoms. The lowest BCUT2D eigenvalue weighted by atomic mass is 10.00. The van der Waals surface area contributed by atoms with Crippen LogP contribution in [0, 0.1) is 11.7 Å². The summed E-state index contributed by atoms with van der Waals surface area (Å²) in [4.78, 5) is 13.7. The van der Waals surface area contributed by atoms with E-state index in [0.717, 1.165) is 25.9 Å². The molecule has 0 bridgehead atoms. The first kappa shape index (κ1) is 12.7. The van der Waals surface area contributed by atoms with Crippen molar-refractivity contribution in [1.29, 1.82) is 0 Å². The van der Waals surface area contributed by atoms with Gasteiger partial charge in [-0.25, -0.2) is 9.18 Å². The SMILES string of the molecule is CC1CCN(C(=O)Nc2cc(N)cc(F)c2)CC1. The molecule has 0 radical (unpaired) electrons. The Labute approximate surface area is 106 Å². The number of likely N-dealkylation sites (tertiary alicyclic amines) is 1. The summed E-state index contributed by atoms with van der Waals surface area (Å²) in [6.45, 7) is 3.68. The minimum Gasteiger partial charge on any atom is -0.399 e. The first-order valence-electron chi connectivity index (χ1n) is 6.16. The maximum atomic E-state index is 13.1. The Morgan fingerprint density at radius 2 is 2.06 bits per heavy atom. The molecule has 5 heteroatoms. The standard InChI is InChI=1S/C13H18FN3O/c1-9-2-4-17(5-3-9)13(18)16-12-7-10(14)6-11(15)8-12/h6-9H,2-5,15H2,1H3,(H,16,18). The molecule has 98 valence electrons. The van der Waals surface area contributed by atoms with Crippen LogP contribution in [0.2, 0.25) is 0 Å². The van der Waals surface area contributed by atoms with Gasteiger partial charge in [0.25, 0.3) is 0 Å². The number of nitrogens with zero attached hydrogens (tertiary/aromatic N) is 1. The molecule has 1 aromatic rings. The number of anilines is 2. The summed E-state index contributed by atoms with van der Waals surface area (Å²) < 4.78 is 13.1. The van der Waals surface area contributed by atoms with E-state index in [1.807, 2.05) is 0 Å². The molecule has 0 aliphatic carbocycles. The quantitative estimate of drug-likeness (QED) is 0.754. The van der Waals surface area contributed by atoms with Crippen molar-refractivity contribution in [3.8, 4) is 0 Å². The zero-order chi connectivity index (χ0) is 13.1. The number of carbonyl (C=O) groups excluding carboxylic acids is 1. The Morgan fingerprint density at radius 3 is 2.67 bits per heavy atom. The van der Waals surface area contributed by atoms with Gasteiger partial charge in [-0.15, -0.1) is 0 Å². The van der Waals surface area contributed by atoms with E-state index in [-0.39, 0.29) is 6.03 Å². The summed E-state index contributed by atoms with van der Waals surface area (Å²) in [5.41, 5.74) is 6.23. The lowest BCUT2D eigenvalue weighted by Gasteiger charge is -2.30. The molecule has 1 aliphatic rings. The van der Waals surface area contributed by atoms with Crippen LogP contribution in [0.1, 0.15) is 19.8 Å². The number of nitrogen functional groups attached to an aromatic ring is 1. The van der Waals surface area contributed by atoms with Gasteiger partial charge in [-0.3, -0.25) is 0 Å². The highest BCUT2D eigenvalue weighted by Crippen LogP contribution is 2.19. The number of amides is 2. The molecular weight excluding hydrogens is 233 g/mol. The number of benzene rings is 1. The monoisotopic (exact) mass is 251 g/mol. The van der Waals surface area contributed by atoms with E-state index in [1.54, 1.807) is 11.0 Å². The van der Waals surface area contributed by atoms with Crippen LogP contribution in [0.25, 0.3) is 0 Å². The minimum atomic E-state index is -0.447. The molecule has 2 amide bonds. The van der Waals surface area contributed by atoms with Crippen LogP contribution >= 0.6 is 0 Å². The van der Waals surface area contributed by atoms with Crippen LogP contribution in [0.4, 0.5) is 20.6 Å². The number of urea groups is 1. The van der Waals surface area contributed by atoms with Crippen LogP contribution in [-0.2, 0) is 0 Å². The molecule has 0 aromatic heterocycles. The number of carbonyl (C=O) groups is 1. The lowest BCUT2D eigenvalue weighted by molar-refractivity contribution is 0.186. The summed E-state index contributed by atoms with van der Waals surface area (Å²) in [6, 6.07) is 3.85. The highest BCUT2D eigenvalue weighted by Gasteiger charge is 2.20. The van der Waals surface area contributed by atoms with Crippen molar-refractivity contribution in [3.05, 3.63) is 24.0 Å². The number of nitrogens with one attached hydrogen (secondary N) is 1. The topological polar surface area (TPSA) is 58.4 Å². The van der Waals surface area contributed by atoms with Crippen molar-refractivity contribution in [2.45, 2.75) is 19.8 Å². The van der Waals surface area contributed by atoms with Crippen LogP contribution < -0.4 is 11.1 Å². The Bertz CT molecular complexity index is 422. The van der Waals surface area contributed by atoms with Crippen molar-refractivity contribution >= 4 is 17.4 Å². The van der Waals surface area contributed by atoms with Gasteiger partial charge < -0.3 is 16.0 Å². The molecule has 0 atom stereocenters. The highest BCUT2D eigenvalue weighted by atomic mass is 19.1. The van der Waals surface area contributed by atoms with Gasteiger partial charge in [0, 0.05) is 24.5 Å². The van der Waals surface area contributed by atoms with E-state index in [2.05, 4.69) is 12.2 Å². The molecule has 4 nitrogen and oxygen atoms in total. The second-order valence-electron chi connectivity index (χ2n) is 4.87. The third-order valence-corrected chi connectivity index (χ3v) is 3.24. The number of nitrogens with two attached hydrogens (primary N) is 1. The molecule has 1 fully saturated rings. The fourth-order valence-electron chi connectivity index (χ4n) is 2.10. The van der Waals surface area contributed by atoms with E-state index in [9.17, 15) is 9.18 Å². The zero-order valence-corrected chi connectivity index (χ0v) is 10.4. The molecule has 2 rings (SSSR count). The van der Waals surface area contributed by atoms with Crippen LogP contribution in [0.5, 0.6) is 0 Å². The van der Waals surface area contributed by atoms with Crippen LogP contribution in [0.3, 0.4) is 0 Å². The Balaban J connectivity index is 1.98. The predicted molar refractivity (Wildman–Crippen MR) is 69.8 cm³/mol. The molecule has 0 spiro atoms. The number of piperidine rings is 1. The average molecular weight is 251 g/mol. The third kappa shape index (κ3) is 3.12. The van der Waals surface area contributed by atoms with Crippen molar-refractivity contribution in [1.82, 2.24) is 4.90 Å². The molecule has 1 aliphatic heterocycles. The maximum Gasteiger partial charge on any atom is 0.321 e. The van der Waals surface area contributed by atoms with Crippen molar-refractivity contribution < 1.29 is 9.18 Å². The minimum absolute atomic E-state index is 0.188. The van der Waals surface area contributed by atoms with Gasteiger partial charge in [-0.05, 0) is 37.0 Å². The molecule has 0 unspecified atom stereocenters. The van der Waals surface area contributed by atoms with Gasteiger partial charge in [0.2, 0.25) is 0 Å². The van der Waals surface area contributed by atoms with E-state index in [1.165, 1.54) is 12.1 Å². The molecule has 3 N–H and O–H groups in total. The summed E-state index contributed by atoms with van der Waals surface area (Å²) in [7, 11) is 0. The Hall–Kier alpha value is -1.78. The summed E-state index contributed by atoms with van der Waals surface area (Å²) >= 11 is 0. The van der Waals surface area contributed by atoms with E-state index in [4.69, 9.17) is 5.73 Å². The second-order valence-corrected chi connectivity index (χ2v) is 4.87. The van der Waals surface area contributed by atoms with Gasteiger partial charge in [0.15, 0.2) is 0 Å². The average Bonchev–Trinajstić information content (AvgIpc) is 2.28. The summed E-state index contributed by atoms with van der Waals surface area (Å²) in [5.74, 6) is 0.219. The maximum absolute atomic E-state index is 13.1. The number of hydrogen-bond acceptors (Lipinski definition) is 2. The zero-order valence-electron chi connectivity index (χ0n) is 10.4. The normalized spacial score (nSPS) is 16.7. The summed E-state index contributed by atoms with van der Waals surface area (Å²) in [6.07, 6.45) is 2.03. The molecule has 1 heterocycles. The largest absolute Gasteiger partial charge is 0.399 e. The first-order chi connectivity index (χ1) is 8.54. The fraction of sp³-hybridized carbons (Fsp3) is 0.462. The van der Waals surface area contributed by atoms with E-state index >= 15 is 0 Å².